The van der Waals surface area contributed by atoms with Crippen LogP contribution in [0.4, 0.5) is 0 Å². The Labute approximate surface area is 84.2 Å². The maximum absolute atomic E-state index is 3.76. The highest BCUT2D eigenvalue weighted by Gasteiger charge is 2.48. The molecular formula is C11H19Br. The molecule has 1 heteroatoms. The predicted molar refractivity (Wildman–Crippen MR) is 56.6 cm³/mol. The molecular weight excluding hydrogens is 212 g/mol. The molecule has 12 heavy (non-hydrogen) atoms. The summed E-state index contributed by atoms with van der Waals surface area (Å²) >= 11 is 3.76. The number of hydrogen-bond acceptors (Lipinski definition) is 0. The normalized spacial score (nSPS) is 36.0. The molecule has 1 spiro atoms. The van der Waals surface area contributed by atoms with E-state index in [2.05, 4.69) is 22.9 Å². The molecule has 2 atom stereocenters. The lowest BCUT2D eigenvalue weighted by Crippen LogP contribution is -2.45. The van der Waals surface area contributed by atoms with Crippen LogP contribution in [0.25, 0.3) is 0 Å². The van der Waals surface area contributed by atoms with Gasteiger partial charge in [-0.3, -0.25) is 0 Å². The Morgan fingerprint density at radius 1 is 1.17 bits per heavy atom. The quantitative estimate of drug-likeness (QED) is 0.595. The molecule has 0 heterocycles. The van der Waals surface area contributed by atoms with E-state index in [1.165, 1.54) is 44.9 Å². The molecule has 0 aromatic carbocycles. The Morgan fingerprint density at radius 3 is 2.25 bits per heavy atom. The zero-order valence-corrected chi connectivity index (χ0v) is 9.57. The molecule has 0 N–H and O–H groups in total. The molecule has 0 radical (unpaired) electrons. The maximum atomic E-state index is 3.76. The average molecular weight is 231 g/mol. The van der Waals surface area contributed by atoms with Gasteiger partial charge in [0.2, 0.25) is 0 Å². The van der Waals surface area contributed by atoms with Gasteiger partial charge in [0, 0.05) is 4.83 Å². The highest BCUT2D eigenvalue weighted by molar-refractivity contribution is 9.09. The smallest absolute Gasteiger partial charge is 0.0151 e. The van der Waals surface area contributed by atoms with E-state index in [-0.39, 0.29) is 0 Å². The van der Waals surface area contributed by atoms with Crippen molar-refractivity contribution in [2.75, 3.05) is 0 Å². The summed E-state index contributed by atoms with van der Waals surface area (Å²) in [4.78, 5) is 0.754. The average Bonchev–Trinajstić information content (AvgIpc) is 2.03. The van der Waals surface area contributed by atoms with E-state index in [1.807, 2.05) is 0 Å². The minimum Gasteiger partial charge on any atom is -0.0890 e. The summed E-state index contributed by atoms with van der Waals surface area (Å²) in [6.07, 6.45) is 10.5. The summed E-state index contributed by atoms with van der Waals surface area (Å²) in [6, 6.07) is 0. The van der Waals surface area contributed by atoms with Gasteiger partial charge >= 0.3 is 0 Å². The van der Waals surface area contributed by atoms with Crippen molar-refractivity contribution in [1.29, 1.82) is 0 Å². The highest BCUT2D eigenvalue weighted by atomic mass is 79.9. The maximum Gasteiger partial charge on any atom is 0.0151 e. The Morgan fingerprint density at radius 2 is 1.83 bits per heavy atom. The topological polar surface area (TPSA) is 0 Å². The van der Waals surface area contributed by atoms with Gasteiger partial charge in [-0.2, -0.15) is 0 Å². The molecule has 2 fully saturated rings. The Kier molecular flexibility index (Phi) is 2.51. The fourth-order valence-corrected chi connectivity index (χ4v) is 4.14. The molecule has 70 valence electrons. The Bertz CT molecular complexity index is 156. The zero-order valence-electron chi connectivity index (χ0n) is 7.98. The van der Waals surface area contributed by atoms with Crippen molar-refractivity contribution in [3.8, 4) is 0 Å². The fraction of sp³-hybridized carbons (Fsp3) is 1.00. The molecule has 2 unspecified atom stereocenters. The first-order chi connectivity index (χ1) is 5.75. The van der Waals surface area contributed by atoms with Gasteiger partial charge in [-0.15, -0.1) is 0 Å². The summed E-state index contributed by atoms with van der Waals surface area (Å²) in [5.74, 6) is 0.998. The van der Waals surface area contributed by atoms with Gasteiger partial charge in [-0.1, -0.05) is 42.1 Å². The monoisotopic (exact) mass is 230 g/mol. The number of halogens is 1. The molecule has 0 amide bonds. The van der Waals surface area contributed by atoms with Gasteiger partial charge in [0.05, 0.1) is 0 Å². The van der Waals surface area contributed by atoms with Crippen molar-refractivity contribution in [2.45, 2.75) is 56.7 Å². The molecule has 2 aliphatic rings. The predicted octanol–water partition coefficient (Wildman–Crippen LogP) is 4.13. The van der Waals surface area contributed by atoms with Crippen LogP contribution in [0, 0.1) is 11.3 Å². The van der Waals surface area contributed by atoms with Gasteiger partial charge < -0.3 is 0 Å². The van der Waals surface area contributed by atoms with E-state index in [9.17, 15) is 0 Å². The third-order valence-corrected chi connectivity index (χ3v) is 4.78. The molecule has 0 bridgehead atoms. The minimum atomic E-state index is 0.754. The van der Waals surface area contributed by atoms with Crippen LogP contribution in [0.3, 0.4) is 0 Å². The molecule has 0 aromatic rings. The van der Waals surface area contributed by atoms with E-state index >= 15 is 0 Å². The van der Waals surface area contributed by atoms with Crippen LogP contribution in [-0.4, -0.2) is 4.83 Å². The molecule has 0 saturated heterocycles. The lowest BCUT2D eigenvalue weighted by molar-refractivity contribution is -0.00638. The molecule has 0 aliphatic heterocycles. The second-order valence-electron chi connectivity index (χ2n) is 4.75. The minimum absolute atomic E-state index is 0.754. The van der Waals surface area contributed by atoms with Crippen LogP contribution in [-0.2, 0) is 0 Å². The van der Waals surface area contributed by atoms with Crippen LogP contribution in [0.15, 0.2) is 0 Å². The standard InChI is InChI=1S/C11H19Br/c1-9(12)10-5-8-11(10)6-3-2-4-7-11/h9-10H,2-8H2,1H3. The van der Waals surface area contributed by atoms with Crippen molar-refractivity contribution in [3.05, 3.63) is 0 Å². The number of alkyl halides is 1. The summed E-state index contributed by atoms with van der Waals surface area (Å²) in [6.45, 7) is 2.33. The Balaban J connectivity index is 2.00. The Hall–Kier alpha value is 0.480. The van der Waals surface area contributed by atoms with Crippen LogP contribution >= 0.6 is 15.9 Å². The fourth-order valence-electron chi connectivity index (χ4n) is 3.31. The lowest BCUT2D eigenvalue weighted by Gasteiger charge is -2.53. The first-order valence-corrected chi connectivity index (χ1v) is 6.30. The molecule has 0 nitrogen and oxygen atoms in total. The van der Waals surface area contributed by atoms with E-state index < -0.39 is 0 Å². The number of rotatable bonds is 1. The van der Waals surface area contributed by atoms with Crippen LogP contribution in [0.1, 0.15) is 51.9 Å². The summed E-state index contributed by atoms with van der Waals surface area (Å²) in [5, 5.41) is 0. The van der Waals surface area contributed by atoms with Crippen molar-refractivity contribution in [2.24, 2.45) is 11.3 Å². The third kappa shape index (κ3) is 1.34. The molecule has 2 aliphatic carbocycles. The molecule has 0 aromatic heterocycles. The van der Waals surface area contributed by atoms with Gasteiger partial charge in [0.25, 0.3) is 0 Å². The van der Waals surface area contributed by atoms with E-state index in [1.54, 1.807) is 0 Å². The van der Waals surface area contributed by atoms with Gasteiger partial charge in [-0.25, -0.2) is 0 Å². The van der Waals surface area contributed by atoms with Crippen LogP contribution < -0.4 is 0 Å². The van der Waals surface area contributed by atoms with E-state index in [4.69, 9.17) is 0 Å². The molecule has 2 saturated carbocycles. The van der Waals surface area contributed by atoms with Crippen LogP contribution in [0.5, 0.6) is 0 Å². The van der Waals surface area contributed by atoms with Crippen LogP contribution in [0.2, 0.25) is 0 Å². The first-order valence-electron chi connectivity index (χ1n) is 5.39. The number of hydrogen-bond donors (Lipinski definition) is 0. The second-order valence-corrected chi connectivity index (χ2v) is 6.19. The van der Waals surface area contributed by atoms with Crippen molar-refractivity contribution in [1.82, 2.24) is 0 Å². The zero-order chi connectivity index (χ0) is 8.60. The summed E-state index contributed by atoms with van der Waals surface area (Å²) in [5.41, 5.74) is 0.793. The summed E-state index contributed by atoms with van der Waals surface area (Å²) < 4.78 is 0. The highest BCUT2D eigenvalue weighted by Crippen LogP contribution is 2.58. The van der Waals surface area contributed by atoms with E-state index in [0.29, 0.717) is 0 Å². The van der Waals surface area contributed by atoms with E-state index in [0.717, 1.165) is 16.2 Å². The molecule has 2 rings (SSSR count). The lowest BCUT2D eigenvalue weighted by atomic mass is 9.53. The SMILES string of the molecule is CC(Br)C1CCC12CCCCC2. The van der Waals surface area contributed by atoms with Gasteiger partial charge in [0.1, 0.15) is 0 Å². The third-order valence-electron chi connectivity index (χ3n) is 4.14. The van der Waals surface area contributed by atoms with Crippen molar-refractivity contribution in [3.63, 3.8) is 0 Å². The van der Waals surface area contributed by atoms with Crippen molar-refractivity contribution < 1.29 is 0 Å². The first kappa shape index (κ1) is 9.05. The summed E-state index contributed by atoms with van der Waals surface area (Å²) in [7, 11) is 0. The largest absolute Gasteiger partial charge is 0.0890 e. The van der Waals surface area contributed by atoms with Gasteiger partial charge in [0.15, 0.2) is 0 Å². The van der Waals surface area contributed by atoms with Gasteiger partial charge in [-0.05, 0) is 37.0 Å². The van der Waals surface area contributed by atoms with Crippen molar-refractivity contribution >= 4 is 15.9 Å². The second kappa shape index (κ2) is 3.32.